The zero-order valence-corrected chi connectivity index (χ0v) is 17.7. The van der Waals surface area contributed by atoms with E-state index in [1.54, 1.807) is 11.3 Å². The van der Waals surface area contributed by atoms with Crippen molar-refractivity contribution in [2.45, 2.75) is 13.8 Å². The van der Waals surface area contributed by atoms with Crippen LogP contribution < -0.4 is 10.1 Å². The van der Waals surface area contributed by atoms with E-state index in [4.69, 9.17) is 9.72 Å². The highest BCUT2D eigenvalue weighted by Crippen LogP contribution is 2.31. The van der Waals surface area contributed by atoms with Crippen molar-refractivity contribution in [3.8, 4) is 27.6 Å². The third-order valence-electron chi connectivity index (χ3n) is 4.80. The van der Waals surface area contributed by atoms with Crippen LogP contribution in [0.25, 0.3) is 21.8 Å². The van der Waals surface area contributed by atoms with Crippen molar-refractivity contribution in [2.75, 3.05) is 11.9 Å². The van der Waals surface area contributed by atoms with Gasteiger partial charge in [-0.05, 0) is 43.2 Å². The molecular weight excluding hydrogens is 392 g/mol. The summed E-state index contributed by atoms with van der Waals surface area (Å²) in [5.41, 5.74) is 6.05. The number of aromatic nitrogens is 1. The predicted octanol–water partition coefficient (Wildman–Crippen LogP) is 6.11. The number of hydrogen-bond acceptors (Lipinski definition) is 4. The summed E-state index contributed by atoms with van der Waals surface area (Å²) < 4.78 is 5.60. The van der Waals surface area contributed by atoms with Crippen molar-refractivity contribution in [1.29, 1.82) is 0 Å². The Labute approximate surface area is 180 Å². The van der Waals surface area contributed by atoms with Crippen molar-refractivity contribution in [1.82, 2.24) is 4.98 Å². The third-order valence-corrected chi connectivity index (χ3v) is 5.67. The predicted molar refractivity (Wildman–Crippen MR) is 123 cm³/mol. The van der Waals surface area contributed by atoms with Gasteiger partial charge in [0.05, 0.1) is 5.69 Å². The Hall–Kier alpha value is -3.44. The van der Waals surface area contributed by atoms with Gasteiger partial charge in [-0.15, -0.1) is 11.3 Å². The molecule has 150 valence electrons. The molecule has 4 nitrogen and oxygen atoms in total. The van der Waals surface area contributed by atoms with Gasteiger partial charge in [0.1, 0.15) is 10.8 Å². The molecule has 1 N–H and O–H groups in total. The first-order valence-electron chi connectivity index (χ1n) is 9.70. The SMILES string of the molecule is Cc1ccccc1OCC(=O)Nc1ccc(-c2csc(-c3ccccc3C)n2)cc1. The van der Waals surface area contributed by atoms with Crippen molar-refractivity contribution in [3.05, 3.63) is 89.3 Å². The van der Waals surface area contributed by atoms with Crippen molar-refractivity contribution in [3.63, 3.8) is 0 Å². The lowest BCUT2D eigenvalue weighted by Gasteiger charge is -2.09. The average molecular weight is 415 g/mol. The molecule has 0 aliphatic rings. The molecule has 5 heteroatoms. The second kappa shape index (κ2) is 8.93. The number of amides is 1. The number of hydrogen-bond donors (Lipinski definition) is 1. The summed E-state index contributed by atoms with van der Waals surface area (Å²) in [5.74, 6) is 0.525. The van der Waals surface area contributed by atoms with Gasteiger partial charge < -0.3 is 10.1 Å². The van der Waals surface area contributed by atoms with Gasteiger partial charge in [-0.1, -0.05) is 54.6 Å². The Kier molecular flexibility index (Phi) is 5.91. The lowest BCUT2D eigenvalue weighted by atomic mass is 10.1. The number of thiazole rings is 1. The van der Waals surface area contributed by atoms with Crippen molar-refractivity contribution >= 4 is 22.9 Å². The second-order valence-electron chi connectivity index (χ2n) is 7.03. The Morgan fingerprint density at radius 3 is 2.37 bits per heavy atom. The first-order valence-corrected chi connectivity index (χ1v) is 10.6. The van der Waals surface area contributed by atoms with E-state index in [1.807, 2.05) is 67.6 Å². The highest BCUT2D eigenvalue weighted by molar-refractivity contribution is 7.13. The summed E-state index contributed by atoms with van der Waals surface area (Å²) in [4.78, 5) is 17.0. The van der Waals surface area contributed by atoms with Crippen LogP contribution >= 0.6 is 11.3 Å². The van der Waals surface area contributed by atoms with Gasteiger partial charge >= 0.3 is 0 Å². The number of anilines is 1. The first-order chi connectivity index (χ1) is 14.6. The fourth-order valence-electron chi connectivity index (χ4n) is 3.13. The van der Waals surface area contributed by atoms with Crippen LogP contribution in [0.2, 0.25) is 0 Å². The van der Waals surface area contributed by atoms with Crippen molar-refractivity contribution in [2.24, 2.45) is 0 Å². The molecule has 0 saturated carbocycles. The molecule has 0 aliphatic heterocycles. The van der Waals surface area contributed by atoms with E-state index in [0.29, 0.717) is 0 Å². The minimum Gasteiger partial charge on any atom is -0.483 e. The normalized spacial score (nSPS) is 10.6. The third kappa shape index (κ3) is 4.58. The summed E-state index contributed by atoms with van der Waals surface area (Å²) in [5, 5.41) is 5.94. The Balaban J connectivity index is 1.39. The highest BCUT2D eigenvalue weighted by atomic mass is 32.1. The topological polar surface area (TPSA) is 51.2 Å². The molecule has 1 aromatic heterocycles. The summed E-state index contributed by atoms with van der Waals surface area (Å²) in [6, 6.07) is 23.6. The Morgan fingerprint density at radius 1 is 0.933 bits per heavy atom. The van der Waals surface area contributed by atoms with Gasteiger partial charge in [-0.25, -0.2) is 4.98 Å². The van der Waals surface area contributed by atoms with E-state index < -0.39 is 0 Å². The Bertz CT molecular complexity index is 1170. The monoisotopic (exact) mass is 414 g/mol. The molecule has 0 unspecified atom stereocenters. The fraction of sp³-hybridized carbons (Fsp3) is 0.120. The van der Waals surface area contributed by atoms with Gasteiger partial charge in [0, 0.05) is 22.2 Å². The summed E-state index contributed by atoms with van der Waals surface area (Å²) in [6.07, 6.45) is 0. The quantitative estimate of drug-likeness (QED) is 0.414. The molecule has 0 bridgehead atoms. The number of para-hydroxylation sites is 1. The number of carbonyl (C=O) groups is 1. The zero-order valence-electron chi connectivity index (χ0n) is 16.9. The Morgan fingerprint density at radius 2 is 1.63 bits per heavy atom. The van der Waals surface area contributed by atoms with Crippen molar-refractivity contribution < 1.29 is 9.53 Å². The number of rotatable bonds is 6. The number of aryl methyl sites for hydroxylation is 2. The van der Waals surface area contributed by atoms with Crippen LogP contribution in [-0.2, 0) is 4.79 Å². The van der Waals surface area contributed by atoms with Crippen LogP contribution in [0.1, 0.15) is 11.1 Å². The number of ether oxygens (including phenoxy) is 1. The molecule has 1 amide bonds. The molecule has 4 rings (SSSR count). The van der Waals surface area contributed by atoms with E-state index in [9.17, 15) is 4.79 Å². The van der Waals surface area contributed by atoms with Gasteiger partial charge in [-0.3, -0.25) is 4.79 Å². The second-order valence-corrected chi connectivity index (χ2v) is 7.89. The van der Waals surface area contributed by atoms with Gasteiger partial charge in [0.25, 0.3) is 5.91 Å². The molecule has 0 atom stereocenters. The lowest BCUT2D eigenvalue weighted by molar-refractivity contribution is -0.118. The molecule has 3 aromatic carbocycles. The summed E-state index contributed by atoms with van der Waals surface area (Å²) in [7, 11) is 0. The zero-order chi connectivity index (χ0) is 20.9. The van der Waals surface area contributed by atoms with E-state index in [1.165, 1.54) is 5.56 Å². The minimum absolute atomic E-state index is 0.0293. The molecule has 0 radical (unpaired) electrons. The maximum atomic E-state index is 12.2. The molecule has 30 heavy (non-hydrogen) atoms. The number of benzene rings is 3. The molecule has 0 fully saturated rings. The van der Waals surface area contributed by atoms with Gasteiger partial charge in [0.2, 0.25) is 0 Å². The molecule has 1 heterocycles. The highest BCUT2D eigenvalue weighted by Gasteiger charge is 2.09. The maximum Gasteiger partial charge on any atom is 0.262 e. The number of nitrogens with one attached hydrogen (secondary N) is 1. The van der Waals surface area contributed by atoms with E-state index in [-0.39, 0.29) is 12.5 Å². The fourth-order valence-corrected chi connectivity index (χ4v) is 4.05. The molecule has 4 aromatic rings. The van der Waals surface area contributed by atoms with Crippen LogP contribution in [0.15, 0.2) is 78.2 Å². The standard InChI is InChI=1S/C25H22N2O2S/c1-17-7-3-5-9-21(17)25-27-22(16-30-25)19-11-13-20(14-12-19)26-24(28)15-29-23-10-6-4-8-18(23)2/h3-14,16H,15H2,1-2H3,(H,26,28). The van der Waals surface area contributed by atoms with Crippen LogP contribution in [0.5, 0.6) is 5.75 Å². The molecule has 0 spiro atoms. The molecular formula is C25H22N2O2S. The molecule has 0 saturated heterocycles. The van der Waals surface area contributed by atoms with Gasteiger partial charge in [0.15, 0.2) is 6.61 Å². The van der Waals surface area contributed by atoms with Crippen LogP contribution in [-0.4, -0.2) is 17.5 Å². The lowest BCUT2D eigenvalue weighted by Crippen LogP contribution is -2.20. The van der Waals surface area contributed by atoms with E-state index in [2.05, 4.69) is 29.8 Å². The molecule has 0 aliphatic carbocycles. The summed E-state index contributed by atoms with van der Waals surface area (Å²) in [6.45, 7) is 4.02. The van der Waals surface area contributed by atoms with E-state index >= 15 is 0 Å². The minimum atomic E-state index is -0.193. The number of nitrogens with zero attached hydrogens (tertiary/aromatic N) is 1. The van der Waals surface area contributed by atoms with Crippen LogP contribution in [0.3, 0.4) is 0 Å². The largest absolute Gasteiger partial charge is 0.483 e. The van der Waals surface area contributed by atoms with E-state index in [0.717, 1.165) is 38.8 Å². The number of carbonyl (C=O) groups excluding carboxylic acids is 1. The van der Waals surface area contributed by atoms with Crippen LogP contribution in [0.4, 0.5) is 5.69 Å². The average Bonchev–Trinajstić information content (AvgIpc) is 3.24. The summed E-state index contributed by atoms with van der Waals surface area (Å²) >= 11 is 1.63. The van der Waals surface area contributed by atoms with Crippen LogP contribution in [0, 0.1) is 13.8 Å². The first kappa shape index (κ1) is 19.9. The van der Waals surface area contributed by atoms with Gasteiger partial charge in [-0.2, -0.15) is 0 Å². The smallest absolute Gasteiger partial charge is 0.262 e. The maximum absolute atomic E-state index is 12.2.